The Balaban J connectivity index is 2.11. The predicted octanol–water partition coefficient (Wildman–Crippen LogP) is 2.04. The van der Waals surface area contributed by atoms with Crippen molar-refractivity contribution in [2.24, 2.45) is 5.73 Å². The minimum absolute atomic E-state index is 0.177. The van der Waals surface area contributed by atoms with Gasteiger partial charge in [0.15, 0.2) is 5.75 Å². The van der Waals surface area contributed by atoms with Crippen LogP contribution in [0.4, 0.5) is 5.69 Å². The first-order chi connectivity index (χ1) is 9.58. The molecule has 0 radical (unpaired) electrons. The second-order valence-electron chi connectivity index (χ2n) is 4.16. The van der Waals surface area contributed by atoms with E-state index in [-0.39, 0.29) is 16.3 Å². The zero-order chi connectivity index (χ0) is 14.5. The summed E-state index contributed by atoms with van der Waals surface area (Å²) in [6.07, 6.45) is 2.31. The fourth-order valence-corrected chi connectivity index (χ4v) is 2.03. The summed E-state index contributed by atoms with van der Waals surface area (Å²) in [4.78, 5) is 15.6. The highest BCUT2D eigenvalue weighted by Gasteiger charge is 2.14. The molecule has 0 spiro atoms. The average molecular weight is 292 g/mol. The predicted molar refractivity (Wildman–Crippen MR) is 77.8 cm³/mol. The molecule has 0 saturated carbocycles. The topological polar surface area (TPSA) is 91.2 Å². The van der Waals surface area contributed by atoms with Gasteiger partial charge in [-0.1, -0.05) is 17.7 Å². The summed E-state index contributed by atoms with van der Waals surface area (Å²) in [5.41, 5.74) is 12.3. The maximum Gasteiger partial charge on any atom is 0.252 e. The van der Waals surface area contributed by atoms with Crippen LogP contribution in [0, 0.1) is 0 Å². The lowest BCUT2D eigenvalue weighted by Crippen LogP contribution is -2.15. The summed E-state index contributed by atoms with van der Waals surface area (Å²) >= 11 is 6.03. The number of primary amides is 1. The number of anilines is 1. The van der Waals surface area contributed by atoms with Gasteiger partial charge in [-0.05, 0) is 24.3 Å². The molecule has 104 valence electrons. The van der Waals surface area contributed by atoms with Gasteiger partial charge in [-0.25, -0.2) is 0 Å². The summed E-state index contributed by atoms with van der Waals surface area (Å²) in [7, 11) is 0. The highest BCUT2D eigenvalue weighted by Crippen LogP contribution is 2.31. The van der Waals surface area contributed by atoms with Gasteiger partial charge < -0.3 is 16.2 Å². The van der Waals surface area contributed by atoms with Gasteiger partial charge in [-0.2, -0.15) is 0 Å². The van der Waals surface area contributed by atoms with Crippen molar-refractivity contribution >= 4 is 23.2 Å². The molecule has 20 heavy (non-hydrogen) atoms. The molecule has 0 saturated heterocycles. The molecule has 5 nitrogen and oxygen atoms in total. The van der Waals surface area contributed by atoms with Crippen LogP contribution < -0.4 is 16.2 Å². The molecule has 0 atom stereocenters. The van der Waals surface area contributed by atoms with E-state index < -0.39 is 5.91 Å². The lowest BCUT2D eigenvalue weighted by Gasteiger charge is -2.12. The number of carbonyl (C=O) groups is 1. The number of amides is 1. The van der Waals surface area contributed by atoms with Crippen molar-refractivity contribution in [3.63, 3.8) is 0 Å². The normalized spacial score (nSPS) is 10.2. The van der Waals surface area contributed by atoms with E-state index in [9.17, 15) is 4.79 Å². The summed E-state index contributed by atoms with van der Waals surface area (Å²) in [6.45, 7) is 0.334. The van der Waals surface area contributed by atoms with Gasteiger partial charge in [0.2, 0.25) is 0 Å². The van der Waals surface area contributed by atoms with Crippen molar-refractivity contribution in [1.29, 1.82) is 0 Å². The van der Waals surface area contributed by atoms with Crippen LogP contribution in [0.3, 0.4) is 0 Å². The van der Waals surface area contributed by atoms with Gasteiger partial charge in [0, 0.05) is 24.0 Å². The number of ether oxygens (including phenoxy) is 1. The largest absolute Gasteiger partial charge is 0.491 e. The number of halogens is 1. The molecule has 1 aromatic heterocycles. The third-order valence-corrected chi connectivity index (χ3v) is 2.94. The van der Waals surface area contributed by atoms with E-state index in [1.165, 1.54) is 12.1 Å². The lowest BCUT2D eigenvalue weighted by atomic mass is 10.1. The van der Waals surface area contributed by atoms with E-state index in [0.717, 1.165) is 5.69 Å². The van der Waals surface area contributed by atoms with Crippen LogP contribution in [0.15, 0.2) is 36.5 Å². The Labute approximate surface area is 121 Å². The van der Waals surface area contributed by atoms with Crippen molar-refractivity contribution in [1.82, 2.24) is 4.98 Å². The SMILES string of the molecule is NC(=O)c1cc(N)cc(Cl)c1OCCc1ccccn1. The third kappa shape index (κ3) is 3.39. The van der Waals surface area contributed by atoms with Gasteiger partial charge in [-0.15, -0.1) is 0 Å². The van der Waals surface area contributed by atoms with Crippen LogP contribution in [0.25, 0.3) is 0 Å². The zero-order valence-electron chi connectivity index (χ0n) is 10.7. The Hall–Kier alpha value is -2.27. The standard InChI is InChI=1S/C14H14ClN3O2/c15-12-8-9(16)7-11(14(17)19)13(12)20-6-4-10-3-1-2-5-18-10/h1-3,5,7-8H,4,6,16H2,(H2,17,19). The fourth-order valence-electron chi connectivity index (χ4n) is 1.75. The molecule has 0 unspecified atom stereocenters. The van der Waals surface area contributed by atoms with E-state index >= 15 is 0 Å². The molecule has 2 aromatic rings. The number of hydrogen-bond donors (Lipinski definition) is 2. The molecule has 1 heterocycles. The smallest absolute Gasteiger partial charge is 0.252 e. The Morgan fingerprint density at radius 2 is 2.15 bits per heavy atom. The first-order valence-corrected chi connectivity index (χ1v) is 6.37. The molecule has 0 aliphatic heterocycles. The summed E-state index contributed by atoms with van der Waals surface area (Å²) in [5.74, 6) is -0.378. The number of pyridine rings is 1. The number of carbonyl (C=O) groups excluding carboxylic acids is 1. The van der Waals surface area contributed by atoms with Crippen molar-refractivity contribution in [2.45, 2.75) is 6.42 Å². The molecular weight excluding hydrogens is 278 g/mol. The highest BCUT2D eigenvalue weighted by molar-refractivity contribution is 6.33. The first-order valence-electron chi connectivity index (χ1n) is 5.99. The van der Waals surface area contributed by atoms with E-state index in [0.29, 0.717) is 18.7 Å². The van der Waals surface area contributed by atoms with Crippen LogP contribution in [0.1, 0.15) is 16.1 Å². The summed E-state index contributed by atoms with van der Waals surface area (Å²) < 4.78 is 5.56. The molecular formula is C14H14ClN3O2. The summed E-state index contributed by atoms with van der Waals surface area (Å²) in [6, 6.07) is 8.59. The monoisotopic (exact) mass is 291 g/mol. The van der Waals surface area contributed by atoms with Crippen LogP contribution >= 0.6 is 11.6 Å². The second-order valence-corrected chi connectivity index (χ2v) is 4.57. The van der Waals surface area contributed by atoms with Gasteiger partial charge in [0.25, 0.3) is 5.91 Å². The van der Waals surface area contributed by atoms with Gasteiger partial charge >= 0.3 is 0 Å². The third-order valence-electron chi connectivity index (χ3n) is 2.66. The number of rotatable bonds is 5. The molecule has 0 fully saturated rings. The van der Waals surface area contributed by atoms with E-state index in [2.05, 4.69) is 4.98 Å². The first kappa shape index (κ1) is 14.1. The summed E-state index contributed by atoms with van der Waals surface area (Å²) in [5, 5.41) is 0.264. The van der Waals surface area contributed by atoms with Crippen LogP contribution in [0.2, 0.25) is 5.02 Å². The van der Waals surface area contributed by atoms with E-state index in [4.69, 9.17) is 27.8 Å². The quantitative estimate of drug-likeness (QED) is 0.825. The van der Waals surface area contributed by atoms with Crippen LogP contribution in [0.5, 0.6) is 5.75 Å². The molecule has 2 rings (SSSR count). The molecule has 1 aromatic carbocycles. The molecule has 0 aliphatic rings. The Morgan fingerprint density at radius 1 is 1.35 bits per heavy atom. The fraction of sp³-hybridized carbons (Fsp3) is 0.143. The number of hydrogen-bond acceptors (Lipinski definition) is 4. The number of nitrogens with two attached hydrogens (primary N) is 2. The van der Waals surface area contributed by atoms with E-state index in [1.807, 2.05) is 18.2 Å². The van der Waals surface area contributed by atoms with Crippen LogP contribution in [-0.2, 0) is 6.42 Å². The minimum atomic E-state index is -0.632. The van der Waals surface area contributed by atoms with Gasteiger partial charge in [-0.3, -0.25) is 9.78 Å². The molecule has 6 heteroatoms. The maximum absolute atomic E-state index is 11.4. The van der Waals surface area contributed by atoms with Gasteiger partial charge in [0.1, 0.15) is 0 Å². The highest BCUT2D eigenvalue weighted by atomic mass is 35.5. The molecule has 0 aliphatic carbocycles. The van der Waals surface area contributed by atoms with Crippen molar-refractivity contribution in [3.05, 3.63) is 52.8 Å². The van der Waals surface area contributed by atoms with E-state index in [1.54, 1.807) is 6.20 Å². The minimum Gasteiger partial charge on any atom is -0.491 e. The lowest BCUT2D eigenvalue weighted by molar-refractivity contribution is 0.0996. The molecule has 4 N–H and O–H groups in total. The maximum atomic E-state index is 11.4. The number of nitrogens with zero attached hydrogens (tertiary/aromatic N) is 1. The Morgan fingerprint density at radius 3 is 2.80 bits per heavy atom. The Bertz CT molecular complexity index is 617. The average Bonchev–Trinajstić information content (AvgIpc) is 2.41. The molecule has 0 bridgehead atoms. The number of benzene rings is 1. The number of aromatic nitrogens is 1. The van der Waals surface area contributed by atoms with Crippen molar-refractivity contribution < 1.29 is 9.53 Å². The second kappa shape index (κ2) is 6.25. The zero-order valence-corrected chi connectivity index (χ0v) is 11.4. The van der Waals surface area contributed by atoms with Crippen LogP contribution in [-0.4, -0.2) is 17.5 Å². The Kier molecular flexibility index (Phi) is 4.42. The van der Waals surface area contributed by atoms with Gasteiger partial charge in [0.05, 0.1) is 17.2 Å². The van der Waals surface area contributed by atoms with Crippen molar-refractivity contribution in [2.75, 3.05) is 12.3 Å². The number of nitrogen functional groups attached to an aromatic ring is 1. The molecule has 1 amide bonds. The van der Waals surface area contributed by atoms with Crippen molar-refractivity contribution in [3.8, 4) is 5.75 Å².